The number of aromatic nitrogens is 2. The molecule has 164 valence electrons. The molecule has 0 aliphatic rings. The molecule has 2 heterocycles. The Bertz CT molecular complexity index is 845. The van der Waals surface area contributed by atoms with Crippen molar-refractivity contribution in [1.29, 1.82) is 0 Å². The Hall–Kier alpha value is -2.88. The highest BCUT2D eigenvalue weighted by molar-refractivity contribution is 7.09. The predicted molar refractivity (Wildman–Crippen MR) is 112 cm³/mol. The summed E-state index contributed by atoms with van der Waals surface area (Å²) in [6.07, 6.45) is 2.72. The number of H-pyrrole nitrogens is 1. The first-order valence-electron chi connectivity index (χ1n) is 9.42. The molecule has 0 aromatic carbocycles. The van der Waals surface area contributed by atoms with E-state index in [1.54, 1.807) is 33.9 Å². The van der Waals surface area contributed by atoms with Crippen molar-refractivity contribution < 1.29 is 23.9 Å². The quantitative estimate of drug-likeness (QED) is 0.545. The van der Waals surface area contributed by atoms with Gasteiger partial charge in [0.05, 0.1) is 13.4 Å². The molecule has 0 aliphatic heterocycles. The van der Waals surface area contributed by atoms with Gasteiger partial charge in [-0.3, -0.25) is 4.79 Å². The van der Waals surface area contributed by atoms with E-state index in [1.807, 2.05) is 17.5 Å². The largest absolute Gasteiger partial charge is 0.467 e. The van der Waals surface area contributed by atoms with E-state index in [0.29, 0.717) is 5.69 Å². The van der Waals surface area contributed by atoms with Gasteiger partial charge in [0.15, 0.2) is 0 Å². The third-order valence-corrected chi connectivity index (χ3v) is 5.03. The van der Waals surface area contributed by atoms with Gasteiger partial charge < -0.3 is 25.1 Å². The number of methoxy groups -OCH3 is 1. The second-order valence-corrected chi connectivity index (χ2v) is 9.08. The number of hydrogen-bond donors (Lipinski definition) is 3. The lowest BCUT2D eigenvalue weighted by Gasteiger charge is -2.32. The molecular formula is C20H28N4O5S. The minimum Gasteiger partial charge on any atom is -0.467 e. The summed E-state index contributed by atoms with van der Waals surface area (Å²) in [6.45, 7) is 6.80. The highest BCUT2D eigenvalue weighted by atomic mass is 32.1. The third-order valence-electron chi connectivity index (χ3n) is 4.16. The van der Waals surface area contributed by atoms with E-state index in [0.717, 1.165) is 4.88 Å². The first-order chi connectivity index (χ1) is 14.0. The zero-order valence-corrected chi connectivity index (χ0v) is 18.6. The fourth-order valence-corrected chi connectivity index (χ4v) is 3.60. The number of amides is 2. The van der Waals surface area contributed by atoms with Crippen molar-refractivity contribution in [2.75, 3.05) is 7.11 Å². The smallest absolute Gasteiger partial charge is 0.408 e. The van der Waals surface area contributed by atoms with E-state index < -0.39 is 35.2 Å². The average Bonchev–Trinajstić information content (AvgIpc) is 3.32. The van der Waals surface area contributed by atoms with Gasteiger partial charge in [-0.1, -0.05) is 6.07 Å². The van der Waals surface area contributed by atoms with Crippen LogP contribution in [0.25, 0.3) is 0 Å². The van der Waals surface area contributed by atoms with Crippen LogP contribution in [0.4, 0.5) is 4.79 Å². The molecule has 0 saturated heterocycles. The molecule has 30 heavy (non-hydrogen) atoms. The highest BCUT2D eigenvalue weighted by Crippen LogP contribution is 2.20. The zero-order chi connectivity index (χ0) is 22.4. The number of esters is 1. The molecule has 2 atom stereocenters. The molecular weight excluding hydrogens is 408 g/mol. The highest BCUT2D eigenvalue weighted by Gasteiger charge is 2.39. The fourth-order valence-electron chi connectivity index (χ4n) is 2.74. The summed E-state index contributed by atoms with van der Waals surface area (Å²) in [5.74, 6) is -1.13. The number of carbonyl (C=O) groups excluding carboxylic acids is 3. The molecule has 0 bridgehead atoms. The van der Waals surface area contributed by atoms with Crippen LogP contribution in [-0.4, -0.2) is 52.2 Å². The molecule has 0 aliphatic carbocycles. The first-order valence-corrected chi connectivity index (χ1v) is 10.3. The number of imidazole rings is 1. The lowest BCUT2D eigenvalue weighted by atomic mass is 9.94. The fraction of sp³-hybridized carbons (Fsp3) is 0.500. The first kappa shape index (κ1) is 23.4. The SMILES string of the molecule is COC(=O)[C@H](Cc1cnc[nH]1)NC(=O)[C@](C)(Cc1cccs1)NC(=O)OC(C)(C)C. The summed E-state index contributed by atoms with van der Waals surface area (Å²) in [5, 5.41) is 7.26. The monoisotopic (exact) mass is 436 g/mol. The molecule has 2 aromatic rings. The van der Waals surface area contributed by atoms with Gasteiger partial charge in [0.1, 0.15) is 17.2 Å². The van der Waals surface area contributed by atoms with Crippen LogP contribution >= 0.6 is 11.3 Å². The Morgan fingerprint density at radius 2 is 2.00 bits per heavy atom. The van der Waals surface area contributed by atoms with Crippen molar-refractivity contribution in [1.82, 2.24) is 20.6 Å². The molecule has 0 unspecified atom stereocenters. The number of ether oxygens (including phenoxy) is 2. The summed E-state index contributed by atoms with van der Waals surface area (Å²) in [4.78, 5) is 45.6. The number of rotatable bonds is 8. The van der Waals surface area contributed by atoms with Crippen molar-refractivity contribution in [3.8, 4) is 0 Å². The molecule has 2 aromatic heterocycles. The van der Waals surface area contributed by atoms with Crippen LogP contribution in [0.5, 0.6) is 0 Å². The molecule has 9 nitrogen and oxygen atoms in total. The molecule has 10 heteroatoms. The minimum absolute atomic E-state index is 0.167. The third kappa shape index (κ3) is 6.87. The molecule has 0 saturated carbocycles. The standard InChI is InChI=1S/C20H28N4O5S/c1-19(2,3)29-18(27)24-20(4,10-14-7-6-8-30-14)17(26)23-15(16(25)28-5)9-13-11-21-12-22-13/h6-8,11-12,15H,9-10H2,1-5H3,(H,21,22)(H,23,26)(H,24,27)/t15-,20-/m0/s1. The van der Waals surface area contributed by atoms with Gasteiger partial charge in [-0.25, -0.2) is 14.6 Å². The van der Waals surface area contributed by atoms with Crippen LogP contribution in [0.3, 0.4) is 0 Å². The van der Waals surface area contributed by atoms with Gasteiger partial charge in [0.2, 0.25) is 5.91 Å². The molecule has 2 rings (SSSR count). The number of carbonyl (C=O) groups is 3. The summed E-state index contributed by atoms with van der Waals surface area (Å²) in [5.41, 5.74) is -1.42. The van der Waals surface area contributed by atoms with E-state index in [4.69, 9.17) is 9.47 Å². The number of aromatic amines is 1. The maximum absolute atomic E-state index is 13.2. The van der Waals surface area contributed by atoms with Crippen LogP contribution in [0.2, 0.25) is 0 Å². The molecule has 0 fully saturated rings. The van der Waals surface area contributed by atoms with Gasteiger partial charge in [0.25, 0.3) is 0 Å². The van der Waals surface area contributed by atoms with Gasteiger partial charge >= 0.3 is 12.1 Å². The van der Waals surface area contributed by atoms with Crippen LogP contribution in [-0.2, 0) is 31.9 Å². The van der Waals surface area contributed by atoms with Gasteiger partial charge in [-0.15, -0.1) is 11.3 Å². The van der Waals surface area contributed by atoms with Crippen LogP contribution in [0, 0.1) is 0 Å². The normalized spacial score (nSPS) is 14.3. The number of alkyl carbamates (subject to hydrolysis) is 1. The van der Waals surface area contributed by atoms with Gasteiger partial charge in [-0.05, 0) is 39.1 Å². The van der Waals surface area contributed by atoms with Crippen LogP contribution in [0.1, 0.15) is 38.3 Å². The molecule has 3 N–H and O–H groups in total. The van der Waals surface area contributed by atoms with Crippen molar-refractivity contribution >= 4 is 29.3 Å². The van der Waals surface area contributed by atoms with Crippen molar-refractivity contribution in [2.24, 2.45) is 0 Å². The lowest BCUT2D eigenvalue weighted by molar-refractivity contribution is -0.145. The second-order valence-electron chi connectivity index (χ2n) is 8.05. The molecule has 2 amide bonds. The van der Waals surface area contributed by atoms with E-state index in [9.17, 15) is 14.4 Å². The van der Waals surface area contributed by atoms with Crippen LogP contribution < -0.4 is 10.6 Å². The summed E-state index contributed by atoms with van der Waals surface area (Å²) >= 11 is 1.46. The summed E-state index contributed by atoms with van der Waals surface area (Å²) in [6, 6.07) is 2.78. The molecule has 0 radical (unpaired) electrons. The maximum Gasteiger partial charge on any atom is 0.408 e. The Morgan fingerprint density at radius 3 is 2.53 bits per heavy atom. The molecule has 0 spiro atoms. The maximum atomic E-state index is 13.2. The Morgan fingerprint density at radius 1 is 1.27 bits per heavy atom. The number of nitrogens with one attached hydrogen (secondary N) is 3. The van der Waals surface area contributed by atoms with Gasteiger partial charge in [-0.2, -0.15) is 0 Å². The van der Waals surface area contributed by atoms with Gasteiger partial charge in [0, 0.05) is 29.6 Å². The van der Waals surface area contributed by atoms with E-state index in [1.165, 1.54) is 24.8 Å². The minimum atomic E-state index is -1.35. The zero-order valence-electron chi connectivity index (χ0n) is 17.8. The van der Waals surface area contributed by atoms with E-state index in [-0.39, 0.29) is 12.8 Å². The van der Waals surface area contributed by atoms with E-state index in [2.05, 4.69) is 20.6 Å². The average molecular weight is 437 g/mol. The van der Waals surface area contributed by atoms with Crippen molar-refractivity contribution in [3.63, 3.8) is 0 Å². The Kier molecular flexibility index (Phi) is 7.60. The number of thiophene rings is 1. The van der Waals surface area contributed by atoms with Crippen molar-refractivity contribution in [3.05, 3.63) is 40.6 Å². The number of hydrogen-bond acceptors (Lipinski definition) is 7. The summed E-state index contributed by atoms with van der Waals surface area (Å²) < 4.78 is 10.2. The van der Waals surface area contributed by atoms with Crippen molar-refractivity contribution in [2.45, 2.75) is 57.7 Å². The number of nitrogens with zero attached hydrogens (tertiary/aromatic N) is 1. The predicted octanol–water partition coefficient (Wildman–Crippen LogP) is 2.20. The van der Waals surface area contributed by atoms with E-state index >= 15 is 0 Å². The topological polar surface area (TPSA) is 122 Å². The summed E-state index contributed by atoms with van der Waals surface area (Å²) in [7, 11) is 1.25. The lowest BCUT2D eigenvalue weighted by Crippen LogP contribution is -2.61. The Balaban J connectivity index is 2.22. The van der Waals surface area contributed by atoms with Crippen LogP contribution in [0.15, 0.2) is 30.0 Å². The second kappa shape index (κ2) is 9.75. The Labute approximate surface area is 179 Å².